The van der Waals surface area contributed by atoms with Crippen LogP contribution in [0.25, 0.3) is 0 Å². The summed E-state index contributed by atoms with van der Waals surface area (Å²) in [7, 11) is 0.568. The molecular formula is C32H34NOP. The number of nitrogens with zero attached hydrogens (tertiary/aromatic N) is 1. The molecule has 3 heteroatoms. The molecule has 0 aliphatic carbocycles. The quantitative estimate of drug-likeness (QED) is 0.255. The lowest BCUT2D eigenvalue weighted by Gasteiger charge is -2.27. The van der Waals surface area contributed by atoms with Crippen molar-refractivity contribution in [1.82, 2.24) is 4.90 Å². The van der Waals surface area contributed by atoms with Crippen LogP contribution in [0.5, 0.6) is 5.75 Å². The zero-order valence-corrected chi connectivity index (χ0v) is 21.3. The number of piperidine rings is 1. The van der Waals surface area contributed by atoms with Gasteiger partial charge in [0, 0.05) is 18.3 Å². The molecule has 1 heterocycles. The SMILES string of the molecule is c1ccc(COc2c(Cc3ccccc3)cccc2Pc2ccccc2CN2CCCCC2)cc1. The van der Waals surface area contributed by atoms with Crippen molar-refractivity contribution in [2.24, 2.45) is 0 Å². The fourth-order valence-corrected chi connectivity index (χ4v) is 6.14. The van der Waals surface area contributed by atoms with Gasteiger partial charge in [0.15, 0.2) is 0 Å². The van der Waals surface area contributed by atoms with Gasteiger partial charge in [-0.3, -0.25) is 4.90 Å². The second kappa shape index (κ2) is 12.2. The Morgan fingerprint density at radius 1 is 0.600 bits per heavy atom. The summed E-state index contributed by atoms with van der Waals surface area (Å²) in [5, 5.41) is 2.72. The molecule has 4 aromatic rings. The number of para-hydroxylation sites is 1. The largest absolute Gasteiger partial charge is 0.488 e. The van der Waals surface area contributed by atoms with Crippen molar-refractivity contribution in [2.75, 3.05) is 13.1 Å². The molecule has 1 aliphatic heterocycles. The molecule has 35 heavy (non-hydrogen) atoms. The molecule has 1 aliphatic rings. The average Bonchev–Trinajstić information content (AvgIpc) is 2.91. The van der Waals surface area contributed by atoms with Crippen molar-refractivity contribution >= 4 is 19.2 Å². The number of benzene rings is 4. The van der Waals surface area contributed by atoms with Crippen LogP contribution in [0, 0.1) is 0 Å². The second-order valence-corrected chi connectivity index (χ2v) is 10.7. The van der Waals surface area contributed by atoms with Gasteiger partial charge in [-0.15, -0.1) is 0 Å². The number of likely N-dealkylation sites (tertiary alicyclic amines) is 1. The van der Waals surface area contributed by atoms with Gasteiger partial charge in [-0.25, -0.2) is 0 Å². The summed E-state index contributed by atoms with van der Waals surface area (Å²) < 4.78 is 6.59. The highest BCUT2D eigenvalue weighted by molar-refractivity contribution is 7.55. The van der Waals surface area contributed by atoms with Crippen LogP contribution in [0.1, 0.15) is 41.5 Å². The standard InChI is InChI=1S/C32H34NOP/c1-4-13-26(14-5-1)23-28-18-12-20-31(32(28)34-25-27-15-6-2-7-16-27)35-30-19-9-8-17-29(30)24-33-21-10-3-11-22-33/h1-2,4-9,12-20,35H,3,10-11,21-25H2. The lowest BCUT2D eigenvalue weighted by molar-refractivity contribution is 0.221. The zero-order chi connectivity index (χ0) is 23.7. The molecule has 4 aromatic carbocycles. The van der Waals surface area contributed by atoms with E-state index in [0.29, 0.717) is 15.2 Å². The van der Waals surface area contributed by atoms with E-state index >= 15 is 0 Å². The minimum Gasteiger partial charge on any atom is -0.488 e. The van der Waals surface area contributed by atoms with Crippen LogP contribution in [0.2, 0.25) is 0 Å². The van der Waals surface area contributed by atoms with E-state index in [0.717, 1.165) is 18.7 Å². The van der Waals surface area contributed by atoms with E-state index in [9.17, 15) is 0 Å². The molecule has 1 saturated heterocycles. The molecule has 5 rings (SSSR count). The molecule has 0 radical (unpaired) electrons. The summed E-state index contributed by atoms with van der Waals surface area (Å²) in [6, 6.07) is 36.8. The van der Waals surface area contributed by atoms with E-state index in [1.807, 2.05) is 0 Å². The maximum Gasteiger partial charge on any atom is 0.131 e. The number of rotatable bonds is 9. The van der Waals surface area contributed by atoms with E-state index in [1.54, 1.807) is 0 Å². The van der Waals surface area contributed by atoms with Crippen molar-refractivity contribution < 1.29 is 4.74 Å². The van der Waals surface area contributed by atoms with Gasteiger partial charge < -0.3 is 4.74 Å². The molecule has 1 unspecified atom stereocenters. The molecule has 0 aromatic heterocycles. The van der Waals surface area contributed by atoms with Crippen LogP contribution in [-0.4, -0.2) is 18.0 Å². The van der Waals surface area contributed by atoms with Crippen molar-refractivity contribution in [2.45, 2.75) is 38.8 Å². The molecule has 1 atom stereocenters. The second-order valence-electron chi connectivity index (χ2n) is 9.35. The molecule has 0 amide bonds. The third-order valence-electron chi connectivity index (χ3n) is 6.69. The van der Waals surface area contributed by atoms with Gasteiger partial charge in [0.2, 0.25) is 0 Å². The normalized spacial score (nSPS) is 14.4. The van der Waals surface area contributed by atoms with Gasteiger partial charge in [0.05, 0.1) is 0 Å². The van der Waals surface area contributed by atoms with E-state index in [4.69, 9.17) is 4.74 Å². The minimum atomic E-state index is 0.568. The average molecular weight is 480 g/mol. The first kappa shape index (κ1) is 23.8. The van der Waals surface area contributed by atoms with Crippen LogP contribution in [0.15, 0.2) is 103 Å². The minimum absolute atomic E-state index is 0.568. The third kappa shape index (κ3) is 6.60. The molecule has 1 fully saturated rings. The Balaban J connectivity index is 1.43. The van der Waals surface area contributed by atoms with Crippen LogP contribution in [0.3, 0.4) is 0 Å². The topological polar surface area (TPSA) is 12.5 Å². The predicted octanol–water partition coefficient (Wildman–Crippen LogP) is 6.47. The maximum atomic E-state index is 6.59. The Labute approximate surface area is 211 Å². The molecular weight excluding hydrogens is 445 g/mol. The first-order valence-corrected chi connectivity index (χ1v) is 13.7. The van der Waals surface area contributed by atoms with E-state index < -0.39 is 0 Å². The highest BCUT2D eigenvalue weighted by atomic mass is 31.1. The van der Waals surface area contributed by atoms with Crippen molar-refractivity contribution in [3.8, 4) is 5.75 Å². The lowest BCUT2D eigenvalue weighted by atomic mass is 10.0. The van der Waals surface area contributed by atoms with Crippen molar-refractivity contribution in [1.29, 1.82) is 0 Å². The van der Waals surface area contributed by atoms with Crippen LogP contribution in [0.4, 0.5) is 0 Å². The Hall–Kier alpha value is -2.93. The third-order valence-corrected chi connectivity index (χ3v) is 8.11. The Morgan fingerprint density at radius 2 is 1.23 bits per heavy atom. The van der Waals surface area contributed by atoms with Crippen LogP contribution < -0.4 is 15.3 Å². The van der Waals surface area contributed by atoms with Gasteiger partial charge in [-0.05, 0) is 53.5 Å². The molecule has 0 bridgehead atoms. The number of hydrogen-bond acceptors (Lipinski definition) is 2. The Kier molecular flexibility index (Phi) is 8.27. The van der Waals surface area contributed by atoms with Gasteiger partial charge in [-0.1, -0.05) is 118 Å². The molecule has 0 saturated carbocycles. The smallest absolute Gasteiger partial charge is 0.131 e. The lowest BCUT2D eigenvalue weighted by Crippen LogP contribution is -2.30. The number of hydrogen-bond donors (Lipinski definition) is 0. The predicted molar refractivity (Wildman–Crippen MR) is 150 cm³/mol. The highest BCUT2D eigenvalue weighted by Crippen LogP contribution is 2.28. The Bertz CT molecular complexity index is 1200. The van der Waals surface area contributed by atoms with E-state index in [-0.39, 0.29) is 0 Å². The van der Waals surface area contributed by atoms with Crippen LogP contribution in [-0.2, 0) is 19.6 Å². The molecule has 0 N–H and O–H groups in total. The van der Waals surface area contributed by atoms with Gasteiger partial charge in [-0.2, -0.15) is 0 Å². The first-order chi connectivity index (χ1) is 17.3. The summed E-state index contributed by atoms with van der Waals surface area (Å²) >= 11 is 0. The summed E-state index contributed by atoms with van der Waals surface area (Å²) in [5.74, 6) is 1.05. The van der Waals surface area contributed by atoms with Gasteiger partial charge >= 0.3 is 0 Å². The summed E-state index contributed by atoms with van der Waals surface area (Å²) in [4.78, 5) is 2.62. The summed E-state index contributed by atoms with van der Waals surface area (Å²) in [5.41, 5.74) is 5.21. The number of ether oxygens (including phenoxy) is 1. The summed E-state index contributed by atoms with van der Waals surface area (Å²) in [6.45, 7) is 4.07. The molecule has 178 valence electrons. The maximum absolute atomic E-state index is 6.59. The van der Waals surface area contributed by atoms with Crippen molar-refractivity contribution in [3.63, 3.8) is 0 Å². The monoisotopic (exact) mass is 479 g/mol. The molecule has 2 nitrogen and oxygen atoms in total. The highest BCUT2D eigenvalue weighted by Gasteiger charge is 2.16. The molecule has 0 spiro atoms. The van der Waals surface area contributed by atoms with Gasteiger partial charge in [0.25, 0.3) is 0 Å². The van der Waals surface area contributed by atoms with Gasteiger partial charge in [0.1, 0.15) is 12.4 Å². The first-order valence-electron chi connectivity index (χ1n) is 12.7. The van der Waals surface area contributed by atoms with Crippen LogP contribution >= 0.6 is 8.58 Å². The fourth-order valence-electron chi connectivity index (χ4n) is 4.82. The Morgan fingerprint density at radius 3 is 2.00 bits per heavy atom. The van der Waals surface area contributed by atoms with Crippen molar-refractivity contribution in [3.05, 3.63) is 125 Å². The summed E-state index contributed by atoms with van der Waals surface area (Å²) in [6.07, 6.45) is 4.89. The zero-order valence-electron chi connectivity index (χ0n) is 20.3. The van der Waals surface area contributed by atoms with E-state index in [1.165, 1.54) is 65.2 Å². The van der Waals surface area contributed by atoms with E-state index in [2.05, 4.69) is 108 Å². The fraction of sp³-hybridized carbons (Fsp3) is 0.250.